The van der Waals surface area contributed by atoms with E-state index in [1.807, 2.05) is 0 Å². The van der Waals surface area contributed by atoms with E-state index in [4.69, 9.17) is 18.0 Å². The molecule has 1 aliphatic rings. The number of carbonyl (C=O) groups is 1. The second kappa shape index (κ2) is 9.35. The van der Waals surface area contributed by atoms with Gasteiger partial charge in [-0.05, 0) is 43.2 Å². The van der Waals surface area contributed by atoms with Crippen LogP contribution in [-0.4, -0.2) is 36.3 Å². The Labute approximate surface area is 198 Å². The van der Waals surface area contributed by atoms with Gasteiger partial charge < -0.3 is 4.57 Å². The topological polar surface area (TPSA) is 71.7 Å². The maximum Gasteiger partial charge on any atom is 0.252 e. The largest absolute Gasteiger partial charge is 0.302 e. The number of hydrogen-bond acceptors (Lipinski definition) is 4. The van der Waals surface area contributed by atoms with E-state index in [-0.39, 0.29) is 39.5 Å². The summed E-state index contributed by atoms with van der Waals surface area (Å²) in [6, 6.07) is 7.71. The molecule has 4 rings (SSSR count). The standard InChI is InChI=1S/C22H18ClF2N3O3S2/c1-2-9-28-20-18(25)11-16(24)12-19(20)32-22(28)26-21(29)14-4-3-10-27(13-14)33(30,31)17-7-5-15(23)6-8-17/h1,5-8,11-12,14H,3-4,9-10,13H2. The second-order valence-electron chi connectivity index (χ2n) is 7.52. The van der Waals surface area contributed by atoms with E-state index < -0.39 is 33.5 Å². The number of benzene rings is 2. The van der Waals surface area contributed by atoms with Gasteiger partial charge in [-0.25, -0.2) is 17.2 Å². The number of amides is 1. The Hall–Kier alpha value is -2.58. The molecule has 1 unspecified atom stereocenters. The van der Waals surface area contributed by atoms with Crippen molar-refractivity contribution in [3.05, 3.63) is 57.9 Å². The Balaban J connectivity index is 1.65. The third-order valence-corrected chi connectivity index (χ3v) is 8.49. The van der Waals surface area contributed by atoms with Crippen LogP contribution in [0.2, 0.25) is 5.02 Å². The quantitative estimate of drug-likeness (QED) is 0.502. The van der Waals surface area contributed by atoms with Gasteiger partial charge in [0.1, 0.15) is 5.82 Å². The number of hydrogen-bond donors (Lipinski definition) is 0. The molecule has 1 fully saturated rings. The number of sulfonamides is 1. The van der Waals surface area contributed by atoms with Gasteiger partial charge in [0.25, 0.3) is 5.91 Å². The number of aromatic nitrogens is 1. The summed E-state index contributed by atoms with van der Waals surface area (Å²) in [4.78, 5) is 17.3. The maximum atomic E-state index is 14.4. The lowest BCUT2D eigenvalue weighted by molar-refractivity contribution is -0.122. The van der Waals surface area contributed by atoms with Gasteiger partial charge in [0, 0.05) is 24.2 Å². The van der Waals surface area contributed by atoms with Crippen LogP contribution in [0.3, 0.4) is 0 Å². The van der Waals surface area contributed by atoms with Crippen molar-refractivity contribution in [2.45, 2.75) is 24.3 Å². The predicted molar refractivity (Wildman–Crippen MR) is 122 cm³/mol. The summed E-state index contributed by atoms with van der Waals surface area (Å²) in [5.41, 5.74) is 0.0708. The van der Waals surface area contributed by atoms with Gasteiger partial charge in [-0.2, -0.15) is 9.30 Å². The van der Waals surface area contributed by atoms with E-state index >= 15 is 0 Å². The van der Waals surface area contributed by atoms with Crippen molar-refractivity contribution in [2.75, 3.05) is 13.1 Å². The van der Waals surface area contributed by atoms with Gasteiger partial charge in [0.15, 0.2) is 10.6 Å². The molecule has 1 aromatic heterocycles. The molecule has 2 heterocycles. The molecule has 0 saturated carbocycles. The van der Waals surface area contributed by atoms with Crippen LogP contribution in [0.25, 0.3) is 10.2 Å². The lowest BCUT2D eigenvalue weighted by atomic mass is 9.99. The number of piperidine rings is 1. The Morgan fingerprint density at radius 3 is 2.70 bits per heavy atom. The first-order chi connectivity index (χ1) is 15.7. The normalized spacial score (nSPS) is 17.9. The van der Waals surface area contributed by atoms with Gasteiger partial charge >= 0.3 is 0 Å². The minimum Gasteiger partial charge on any atom is -0.302 e. The van der Waals surface area contributed by atoms with Crippen LogP contribution in [0, 0.1) is 29.9 Å². The van der Waals surface area contributed by atoms with Gasteiger partial charge in [0.2, 0.25) is 10.0 Å². The third kappa shape index (κ3) is 4.73. The molecule has 0 radical (unpaired) electrons. The molecule has 3 aromatic rings. The lowest BCUT2D eigenvalue weighted by Gasteiger charge is -2.30. The van der Waals surface area contributed by atoms with Crippen molar-refractivity contribution >= 4 is 49.1 Å². The summed E-state index contributed by atoms with van der Waals surface area (Å²) in [5, 5.41) is 0.416. The highest BCUT2D eigenvalue weighted by molar-refractivity contribution is 7.89. The summed E-state index contributed by atoms with van der Waals surface area (Å²) >= 11 is 6.79. The molecular weight excluding hydrogens is 492 g/mol. The number of terminal acetylenes is 1. The SMILES string of the molecule is C#CCn1c(=NC(=O)C2CCCN(S(=O)(=O)c3ccc(Cl)cc3)C2)sc2cc(F)cc(F)c21. The smallest absolute Gasteiger partial charge is 0.252 e. The Morgan fingerprint density at radius 2 is 2.00 bits per heavy atom. The zero-order valence-electron chi connectivity index (χ0n) is 17.2. The van der Waals surface area contributed by atoms with Crippen molar-refractivity contribution in [1.29, 1.82) is 0 Å². The Bertz CT molecular complexity index is 1440. The molecule has 1 amide bonds. The Kier molecular flexibility index (Phi) is 6.68. The summed E-state index contributed by atoms with van der Waals surface area (Å²) in [7, 11) is -3.81. The minimum atomic E-state index is -3.81. The van der Waals surface area contributed by atoms with Gasteiger partial charge in [0.05, 0.1) is 27.6 Å². The zero-order chi connectivity index (χ0) is 23.8. The fraction of sp³-hybridized carbons (Fsp3) is 0.273. The van der Waals surface area contributed by atoms with Crippen molar-refractivity contribution < 1.29 is 22.0 Å². The average Bonchev–Trinajstić information content (AvgIpc) is 3.11. The second-order valence-corrected chi connectivity index (χ2v) is 10.9. The molecule has 6 nitrogen and oxygen atoms in total. The number of fused-ring (bicyclic) bond motifs is 1. The summed E-state index contributed by atoms with van der Waals surface area (Å²) < 4.78 is 56.9. The Morgan fingerprint density at radius 1 is 1.27 bits per heavy atom. The van der Waals surface area contributed by atoms with E-state index in [1.54, 1.807) is 0 Å². The first-order valence-electron chi connectivity index (χ1n) is 9.97. The molecule has 11 heteroatoms. The third-order valence-electron chi connectivity index (χ3n) is 5.34. The molecule has 172 valence electrons. The summed E-state index contributed by atoms with van der Waals surface area (Å²) in [5.74, 6) is -0.375. The first kappa shape index (κ1) is 23.6. The van der Waals surface area contributed by atoms with Gasteiger partial charge in [-0.3, -0.25) is 4.79 Å². The van der Waals surface area contributed by atoms with Crippen LogP contribution >= 0.6 is 22.9 Å². The van der Waals surface area contributed by atoms with Crippen molar-refractivity contribution in [3.8, 4) is 12.3 Å². The molecular formula is C22H18ClF2N3O3S2. The van der Waals surface area contributed by atoms with Crippen LogP contribution in [0.1, 0.15) is 12.8 Å². The molecule has 0 aliphatic carbocycles. The molecule has 0 bridgehead atoms. The highest BCUT2D eigenvalue weighted by atomic mass is 35.5. The highest BCUT2D eigenvalue weighted by Gasteiger charge is 2.33. The van der Waals surface area contributed by atoms with Crippen LogP contribution in [0.15, 0.2) is 46.3 Å². The molecule has 0 spiro atoms. The average molecular weight is 510 g/mol. The first-order valence-corrected chi connectivity index (χ1v) is 12.6. The van der Waals surface area contributed by atoms with E-state index in [0.29, 0.717) is 17.9 Å². The van der Waals surface area contributed by atoms with E-state index in [0.717, 1.165) is 23.5 Å². The molecule has 1 atom stereocenters. The van der Waals surface area contributed by atoms with Crippen LogP contribution in [-0.2, 0) is 21.4 Å². The number of rotatable bonds is 4. The fourth-order valence-electron chi connectivity index (χ4n) is 3.76. The van der Waals surface area contributed by atoms with Crippen molar-refractivity contribution in [3.63, 3.8) is 0 Å². The summed E-state index contributed by atoms with van der Waals surface area (Å²) in [6.45, 7) is 0.186. The summed E-state index contributed by atoms with van der Waals surface area (Å²) in [6.07, 6.45) is 6.33. The zero-order valence-corrected chi connectivity index (χ0v) is 19.6. The molecule has 2 aromatic carbocycles. The van der Waals surface area contributed by atoms with Gasteiger partial charge in [-0.1, -0.05) is 28.9 Å². The number of thiazole rings is 1. The van der Waals surface area contributed by atoms with E-state index in [1.165, 1.54) is 33.1 Å². The number of halogens is 3. The van der Waals surface area contributed by atoms with Crippen LogP contribution < -0.4 is 4.80 Å². The number of nitrogens with zero attached hydrogens (tertiary/aromatic N) is 3. The van der Waals surface area contributed by atoms with Crippen molar-refractivity contribution in [1.82, 2.24) is 8.87 Å². The maximum absolute atomic E-state index is 14.4. The van der Waals surface area contributed by atoms with Crippen LogP contribution in [0.5, 0.6) is 0 Å². The molecule has 0 N–H and O–H groups in total. The lowest BCUT2D eigenvalue weighted by Crippen LogP contribution is -2.42. The number of carbonyl (C=O) groups excluding carboxylic acids is 1. The molecule has 1 saturated heterocycles. The fourth-order valence-corrected chi connectivity index (χ4v) is 6.48. The molecule has 1 aliphatic heterocycles. The van der Waals surface area contributed by atoms with Crippen molar-refractivity contribution in [2.24, 2.45) is 10.9 Å². The van der Waals surface area contributed by atoms with E-state index in [9.17, 15) is 22.0 Å². The monoisotopic (exact) mass is 509 g/mol. The van der Waals surface area contributed by atoms with E-state index in [2.05, 4.69) is 10.9 Å². The van der Waals surface area contributed by atoms with Crippen LogP contribution in [0.4, 0.5) is 8.78 Å². The highest BCUT2D eigenvalue weighted by Crippen LogP contribution is 2.26. The van der Waals surface area contributed by atoms with Gasteiger partial charge in [-0.15, -0.1) is 6.42 Å². The predicted octanol–water partition coefficient (Wildman–Crippen LogP) is 3.80. The minimum absolute atomic E-state index is 0.0314. The molecule has 33 heavy (non-hydrogen) atoms.